The van der Waals surface area contributed by atoms with Crippen molar-refractivity contribution in [3.05, 3.63) is 24.0 Å². The van der Waals surface area contributed by atoms with Gasteiger partial charge < -0.3 is 15.5 Å². The van der Waals surface area contributed by atoms with E-state index in [1.54, 1.807) is 18.4 Å². The molecular formula is C15H17N5O. The third-order valence-electron chi connectivity index (χ3n) is 3.74. The monoisotopic (exact) mass is 283 g/mol. The summed E-state index contributed by atoms with van der Waals surface area (Å²) in [5, 5.41) is 12.8. The normalized spacial score (nSPS) is 15.6. The first-order valence-corrected chi connectivity index (χ1v) is 7.16. The minimum atomic E-state index is 0.138. The second-order valence-electron chi connectivity index (χ2n) is 5.22. The molecule has 2 aromatic rings. The van der Waals surface area contributed by atoms with Crippen molar-refractivity contribution >= 4 is 11.8 Å². The molecule has 0 radical (unpaired) electrons. The van der Waals surface area contributed by atoms with Gasteiger partial charge in [-0.15, -0.1) is 0 Å². The van der Waals surface area contributed by atoms with Crippen LogP contribution in [0.15, 0.2) is 22.8 Å². The summed E-state index contributed by atoms with van der Waals surface area (Å²) in [5.41, 5.74) is 6.60. The Morgan fingerprint density at radius 1 is 1.29 bits per heavy atom. The van der Waals surface area contributed by atoms with E-state index in [2.05, 4.69) is 21.4 Å². The third kappa shape index (κ3) is 2.82. The Balaban J connectivity index is 1.98. The van der Waals surface area contributed by atoms with Crippen LogP contribution < -0.4 is 11.1 Å². The molecular weight excluding hydrogens is 266 g/mol. The number of nitrogen functional groups attached to an aromatic ring is 1. The molecule has 0 bridgehead atoms. The number of hydrogen-bond donors (Lipinski definition) is 2. The SMILES string of the molecule is N#Cc1c(NC2CCCCC2)nc(N)nc1-c1ccco1. The average molecular weight is 283 g/mol. The number of nitrogens with two attached hydrogens (primary N) is 1. The minimum absolute atomic E-state index is 0.138. The first-order chi connectivity index (χ1) is 10.3. The fourth-order valence-electron chi connectivity index (χ4n) is 2.72. The van der Waals surface area contributed by atoms with E-state index in [1.807, 2.05) is 0 Å². The molecule has 0 unspecified atom stereocenters. The Morgan fingerprint density at radius 2 is 2.10 bits per heavy atom. The number of rotatable bonds is 3. The Bertz CT molecular complexity index is 653. The summed E-state index contributed by atoms with van der Waals surface area (Å²) in [6.45, 7) is 0. The number of nitriles is 1. The fraction of sp³-hybridized carbons (Fsp3) is 0.400. The standard InChI is InChI=1S/C15H17N5O/c16-9-11-13(12-7-4-8-21-12)19-15(17)20-14(11)18-10-5-2-1-3-6-10/h4,7-8,10H,1-3,5-6H2,(H3,17,18,19,20). The lowest BCUT2D eigenvalue weighted by Crippen LogP contribution is -2.24. The summed E-state index contributed by atoms with van der Waals surface area (Å²) >= 11 is 0. The van der Waals surface area contributed by atoms with Crippen molar-refractivity contribution < 1.29 is 4.42 Å². The van der Waals surface area contributed by atoms with Crippen molar-refractivity contribution in [2.75, 3.05) is 11.1 Å². The van der Waals surface area contributed by atoms with Gasteiger partial charge in [0, 0.05) is 6.04 Å². The first-order valence-electron chi connectivity index (χ1n) is 7.16. The average Bonchev–Trinajstić information content (AvgIpc) is 3.02. The largest absolute Gasteiger partial charge is 0.463 e. The zero-order valence-electron chi connectivity index (χ0n) is 11.7. The lowest BCUT2D eigenvalue weighted by atomic mass is 9.95. The van der Waals surface area contributed by atoms with Crippen molar-refractivity contribution in [1.82, 2.24) is 9.97 Å². The second kappa shape index (κ2) is 5.83. The van der Waals surface area contributed by atoms with Gasteiger partial charge in [0.15, 0.2) is 11.6 Å². The third-order valence-corrected chi connectivity index (χ3v) is 3.74. The van der Waals surface area contributed by atoms with Crippen molar-refractivity contribution in [3.8, 4) is 17.5 Å². The summed E-state index contributed by atoms with van der Waals surface area (Å²) < 4.78 is 5.34. The fourth-order valence-corrected chi connectivity index (χ4v) is 2.72. The maximum atomic E-state index is 9.47. The van der Waals surface area contributed by atoms with Gasteiger partial charge in [-0.25, -0.2) is 4.98 Å². The van der Waals surface area contributed by atoms with Crippen molar-refractivity contribution in [3.63, 3.8) is 0 Å². The summed E-state index contributed by atoms with van der Waals surface area (Å²) in [5.74, 6) is 1.16. The zero-order chi connectivity index (χ0) is 14.7. The molecule has 2 heterocycles. The van der Waals surface area contributed by atoms with Crippen LogP contribution in [0, 0.1) is 11.3 Å². The molecule has 6 nitrogen and oxygen atoms in total. The molecule has 0 atom stereocenters. The van der Waals surface area contributed by atoms with Crippen LogP contribution in [-0.4, -0.2) is 16.0 Å². The van der Waals surface area contributed by atoms with Gasteiger partial charge in [0.2, 0.25) is 5.95 Å². The number of nitrogens with zero attached hydrogens (tertiary/aromatic N) is 3. The van der Waals surface area contributed by atoms with E-state index in [4.69, 9.17) is 10.2 Å². The molecule has 1 saturated carbocycles. The van der Waals surface area contributed by atoms with E-state index in [0.717, 1.165) is 12.8 Å². The molecule has 1 aliphatic carbocycles. The molecule has 0 aromatic carbocycles. The van der Waals surface area contributed by atoms with Crippen LogP contribution in [0.2, 0.25) is 0 Å². The lowest BCUT2D eigenvalue weighted by Gasteiger charge is -2.24. The lowest BCUT2D eigenvalue weighted by molar-refractivity contribution is 0.462. The highest BCUT2D eigenvalue weighted by molar-refractivity contribution is 5.71. The number of nitrogens with one attached hydrogen (secondary N) is 1. The van der Waals surface area contributed by atoms with Crippen molar-refractivity contribution in [1.29, 1.82) is 5.26 Å². The number of anilines is 2. The van der Waals surface area contributed by atoms with Gasteiger partial charge in [0.1, 0.15) is 17.3 Å². The predicted molar refractivity (Wildman–Crippen MR) is 79.4 cm³/mol. The molecule has 0 spiro atoms. The van der Waals surface area contributed by atoms with E-state index < -0.39 is 0 Å². The highest BCUT2D eigenvalue weighted by Crippen LogP contribution is 2.29. The summed E-state index contributed by atoms with van der Waals surface area (Å²) in [4.78, 5) is 8.35. The van der Waals surface area contributed by atoms with Crippen LogP contribution in [0.1, 0.15) is 37.7 Å². The summed E-state index contributed by atoms with van der Waals surface area (Å²) in [6.07, 6.45) is 7.39. The summed E-state index contributed by atoms with van der Waals surface area (Å²) in [6, 6.07) is 6.01. The Kier molecular flexibility index (Phi) is 3.73. The highest BCUT2D eigenvalue weighted by atomic mass is 16.3. The molecule has 0 aliphatic heterocycles. The smallest absolute Gasteiger partial charge is 0.222 e. The van der Waals surface area contributed by atoms with Gasteiger partial charge in [-0.3, -0.25) is 0 Å². The molecule has 21 heavy (non-hydrogen) atoms. The molecule has 3 rings (SSSR count). The Labute approximate surface area is 123 Å². The van der Waals surface area contributed by atoms with Crippen LogP contribution in [0.3, 0.4) is 0 Å². The van der Waals surface area contributed by atoms with Crippen LogP contribution in [0.25, 0.3) is 11.5 Å². The van der Waals surface area contributed by atoms with E-state index in [-0.39, 0.29) is 5.95 Å². The van der Waals surface area contributed by atoms with E-state index in [0.29, 0.717) is 28.9 Å². The van der Waals surface area contributed by atoms with Crippen LogP contribution >= 0.6 is 0 Å². The van der Waals surface area contributed by atoms with Crippen molar-refractivity contribution in [2.24, 2.45) is 0 Å². The van der Waals surface area contributed by atoms with E-state index >= 15 is 0 Å². The van der Waals surface area contributed by atoms with Gasteiger partial charge in [0.05, 0.1) is 6.26 Å². The van der Waals surface area contributed by atoms with Crippen molar-refractivity contribution in [2.45, 2.75) is 38.1 Å². The first kappa shape index (κ1) is 13.4. The van der Waals surface area contributed by atoms with Gasteiger partial charge in [0.25, 0.3) is 0 Å². The molecule has 3 N–H and O–H groups in total. The second-order valence-corrected chi connectivity index (χ2v) is 5.22. The highest BCUT2D eigenvalue weighted by Gasteiger charge is 2.20. The molecule has 1 aliphatic rings. The minimum Gasteiger partial charge on any atom is -0.463 e. The number of hydrogen-bond acceptors (Lipinski definition) is 6. The molecule has 2 aromatic heterocycles. The quantitative estimate of drug-likeness (QED) is 0.898. The van der Waals surface area contributed by atoms with Crippen LogP contribution in [-0.2, 0) is 0 Å². The van der Waals surface area contributed by atoms with E-state index in [9.17, 15) is 5.26 Å². The van der Waals surface area contributed by atoms with E-state index in [1.165, 1.54) is 19.3 Å². The predicted octanol–water partition coefficient (Wildman–Crippen LogP) is 2.94. The Hall–Kier alpha value is -2.55. The topological polar surface area (TPSA) is 101 Å². The Morgan fingerprint density at radius 3 is 2.76 bits per heavy atom. The molecule has 0 saturated heterocycles. The van der Waals surface area contributed by atoms with Crippen LogP contribution in [0.5, 0.6) is 0 Å². The maximum absolute atomic E-state index is 9.47. The van der Waals surface area contributed by atoms with Gasteiger partial charge in [-0.1, -0.05) is 19.3 Å². The van der Waals surface area contributed by atoms with Gasteiger partial charge >= 0.3 is 0 Å². The van der Waals surface area contributed by atoms with Gasteiger partial charge in [-0.05, 0) is 25.0 Å². The van der Waals surface area contributed by atoms with Crippen LogP contribution in [0.4, 0.5) is 11.8 Å². The zero-order valence-corrected chi connectivity index (χ0v) is 11.7. The number of aromatic nitrogens is 2. The summed E-state index contributed by atoms with van der Waals surface area (Å²) in [7, 11) is 0. The molecule has 6 heteroatoms. The van der Waals surface area contributed by atoms with Gasteiger partial charge in [-0.2, -0.15) is 10.2 Å². The number of furan rings is 1. The molecule has 108 valence electrons. The maximum Gasteiger partial charge on any atom is 0.222 e. The molecule has 1 fully saturated rings. The molecule has 0 amide bonds.